The fraction of sp³-hybridized carbons (Fsp3) is 0.120. The Morgan fingerprint density at radius 1 is 0.912 bits per heavy atom. The highest BCUT2D eigenvalue weighted by Crippen LogP contribution is 2.20. The van der Waals surface area contributed by atoms with Crippen molar-refractivity contribution >= 4 is 46.9 Å². The largest absolute Gasteiger partial charge is 0.484 e. The highest BCUT2D eigenvalue weighted by molar-refractivity contribution is 6.39. The van der Waals surface area contributed by atoms with Crippen LogP contribution in [0, 0.1) is 13.8 Å². The lowest BCUT2D eigenvalue weighted by molar-refractivity contribution is -0.136. The predicted octanol–water partition coefficient (Wildman–Crippen LogP) is 4.06. The number of hydrogen-bond acceptors (Lipinski definition) is 5. The zero-order chi connectivity index (χ0) is 24.5. The molecule has 0 aliphatic carbocycles. The molecule has 3 rings (SSSR count). The fourth-order valence-electron chi connectivity index (χ4n) is 2.81. The summed E-state index contributed by atoms with van der Waals surface area (Å²) in [5.74, 6) is -1.57. The first-order valence-electron chi connectivity index (χ1n) is 10.3. The number of ether oxygens (including phenoxy) is 1. The molecule has 0 aromatic heterocycles. The number of para-hydroxylation sites is 1. The Labute approximate surface area is 202 Å². The minimum Gasteiger partial charge on any atom is -0.484 e. The van der Waals surface area contributed by atoms with Crippen molar-refractivity contribution in [3.63, 3.8) is 0 Å². The highest BCUT2D eigenvalue weighted by Gasteiger charge is 2.14. The van der Waals surface area contributed by atoms with Crippen molar-refractivity contribution in [2.45, 2.75) is 13.8 Å². The van der Waals surface area contributed by atoms with Gasteiger partial charge in [0.2, 0.25) is 0 Å². The first-order chi connectivity index (χ1) is 16.3. The SMILES string of the molecule is Cc1ccc(C)c(NC(=O)C(=O)N/N=C\c2ccc(OCC(=O)Nc3ccccc3Cl)cc2)c1. The Morgan fingerprint density at radius 3 is 2.38 bits per heavy atom. The van der Waals surface area contributed by atoms with Gasteiger partial charge in [0.15, 0.2) is 6.61 Å². The lowest BCUT2D eigenvalue weighted by atomic mass is 10.1. The van der Waals surface area contributed by atoms with Gasteiger partial charge in [-0.25, -0.2) is 5.43 Å². The van der Waals surface area contributed by atoms with Crippen LogP contribution < -0.4 is 20.8 Å². The molecule has 34 heavy (non-hydrogen) atoms. The van der Waals surface area contributed by atoms with Crippen LogP contribution in [0.2, 0.25) is 5.02 Å². The number of hydrogen-bond donors (Lipinski definition) is 3. The van der Waals surface area contributed by atoms with E-state index in [0.717, 1.165) is 11.1 Å². The van der Waals surface area contributed by atoms with Gasteiger partial charge in [-0.15, -0.1) is 0 Å². The Bertz CT molecular complexity index is 1230. The van der Waals surface area contributed by atoms with Crippen molar-refractivity contribution in [2.24, 2.45) is 5.10 Å². The summed E-state index contributed by atoms with van der Waals surface area (Å²) < 4.78 is 5.46. The number of nitrogens with one attached hydrogen (secondary N) is 3. The van der Waals surface area contributed by atoms with E-state index in [1.807, 2.05) is 26.0 Å². The average Bonchev–Trinajstić information content (AvgIpc) is 2.82. The van der Waals surface area contributed by atoms with E-state index < -0.39 is 11.8 Å². The topological polar surface area (TPSA) is 109 Å². The zero-order valence-electron chi connectivity index (χ0n) is 18.6. The molecule has 0 heterocycles. The van der Waals surface area contributed by atoms with Crippen molar-refractivity contribution in [3.8, 4) is 5.75 Å². The molecule has 0 bridgehead atoms. The highest BCUT2D eigenvalue weighted by atomic mass is 35.5. The Kier molecular flexibility index (Phi) is 8.37. The van der Waals surface area contributed by atoms with Gasteiger partial charge < -0.3 is 15.4 Å². The molecular formula is C25H23ClN4O4. The van der Waals surface area contributed by atoms with E-state index in [4.69, 9.17) is 16.3 Å². The second-order valence-electron chi connectivity index (χ2n) is 7.36. The molecule has 0 unspecified atom stereocenters. The van der Waals surface area contributed by atoms with Gasteiger partial charge in [-0.05, 0) is 73.0 Å². The number of carbonyl (C=O) groups is 3. The van der Waals surface area contributed by atoms with E-state index in [-0.39, 0.29) is 12.5 Å². The summed E-state index contributed by atoms with van der Waals surface area (Å²) in [6, 6.07) is 19.2. The molecule has 0 atom stereocenters. The van der Waals surface area contributed by atoms with Gasteiger partial charge in [0.05, 0.1) is 16.9 Å². The molecule has 9 heteroatoms. The fourth-order valence-corrected chi connectivity index (χ4v) is 3.00. The molecule has 3 N–H and O–H groups in total. The summed E-state index contributed by atoms with van der Waals surface area (Å²) >= 11 is 6.01. The van der Waals surface area contributed by atoms with Crippen LogP contribution in [0.5, 0.6) is 5.75 Å². The first-order valence-corrected chi connectivity index (χ1v) is 10.7. The zero-order valence-corrected chi connectivity index (χ0v) is 19.3. The Balaban J connectivity index is 1.45. The van der Waals surface area contributed by atoms with Crippen molar-refractivity contribution in [1.29, 1.82) is 0 Å². The maximum Gasteiger partial charge on any atom is 0.329 e. The van der Waals surface area contributed by atoms with Crippen LogP contribution in [0.1, 0.15) is 16.7 Å². The van der Waals surface area contributed by atoms with Crippen LogP contribution in [-0.2, 0) is 14.4 Å². The third kappa shape index (κ3) is 7.18. The summed E-state index contributed by atoms with van der Waals surface area (Å²) in [6.07, 6.45) is 1.39. The summed E-state index contributed by atoms with van der Waals surface area (Å²) in [5, 5.41) is 9.48. The molecule has 174 valence electrons. The van der Waals surface area contributed by atoms with Crippen LogP contribution in [0.3, 0.4) is 0 Å². The van der Waals surface area contributed by atoms with Crippen LogP contribution in [0.15, 0.2) is 71.8 Å². The van der Waals surface area contributed by atoms with Crippen molar-refractivity contribution in [1.82, 2.24) is 5.43 Å². The van der Waals surface area contributed by atoms with Crippen molar-refractivity contribution in [2.75, 3.05) is 17.2 Å². The van der Waals surface area contributed by atoms with E-state index in [9.17, 15) is 14.4 Å². The van der Waals surface area contributed by atoms with Gasteiger partial charge in [-0.1, -0.05) is 35.9 Å². The second-order valence-corrected chi connectivity index (χ2v) is 7.76. The lowest BCUT2D eigenvalue weighted by Gasteiger charge is -2.09. The van der Waals surface area contributed by atoms with Crippen LogP contribution in [0.4, 0.5) is 11.4 Å². The number of amides is 3. The smallest absolute Gasteiger partial charge is 0.329 e. The maximum atomic E-state index is 12.1. The molecule has 0 radical (unpaired) electrons. The van der Waals surface area contributed by atoms with Crippen LogP contribution in [0.25, 0.3) is 0 Å². The van der Waals surface area contributed by atoms with E-state index in [1.165, 1.54) is 6.21 Å². The van der Waals surface area contributed by atoms with E-state index >= 15 is 0 Å². The van der Waals surface area contributed by atoms with E-state index in [0.29, 0.717) is 27.7 Å². The standard InChI is InChI=1S/C25H23ClN4O4/c1-16-7-8-17(2)22(13-16)29-24(32)25(33)30-27-14-18-9-11-19(12-10-18)34-15-23(31)28-21-6-4-3-5-20(21)26/h3-14H,15H2,1-2H3,(H,28,31)(H,29,32)(H,30,33)/b27-14-. The number of anilines is 2. The molecule has 0 aliphatic rings. The Hall–Kier alpha value is -4.17. The molecule has 0 aliphatic heterocycles. The van der Waals surface area contributed by atoms with Crippen LogP contribution >= 0.6 is 11.6 Å². The Morgan fingerprint density at radius 2 is 1.65 bits per heavy atom. The van der Waals surface area contributed by atoms with E-state index in [2.05, 4.69) is 21.2 Å². The molecule has 0 fully saturated rings. The minimum atomic E-state index is -0.887. The summed E-state index contributed by atoms with van der Waals surface area (Å²) in [6.45, 7) is 3.54. The number of benzene rings is 3. The molecule has 3 aromatic carbocycles. The number of hydrazone groups is 1. The lowest BCUT2D eigenvalue weighted by Crippen LogP contribution is -2.32. The van der Waals surface area contributed by atoms with E-state index in [1.54, 1.807) is 54.6 Å². The van der Waals surface area contributed by atoms with Gasteiger partial charge >= 0.3 is 11.8 Å². The number of aryl methyl sites for hydroxylation is 2. The quantitative estimate of drug-likeness (QED) is 0.270. The predicted molar refractivity (Wildman–Crippen MR) is 132 cm³/mol. The molecule has 3 aromatic rings. The summed E-state index contributed by atoms with van der Waals surface area (Å²) in [4.78, 5) is 36.1. The van der Waals surface area contributed by atoms with Crippen LogP contribution in [-0.4, -0.2) is 30.5 Å². The normalized spacial score (nSPS) is 10.6. The molecule has 0 spiro atoms. The number of nitrogens with zero attached hydrogens (tertiary/aromatic N) is 1. The molecule has 0 saturated heterocycles. The summed E-state index contributed by atoms with van der Waals surface area (Å²) in [7, 11) is 0. The number of rotatable bonds is 7. The van der Waals surface area contributed by atoms with Crippen molar-refractivity contribution < 1.29 is 19.1 Å². The third-order valence-corrected chi connectivity index (χ3v) is 4.95. The molecule has 0 saturated carbocycles. The molecule has 3 amide bonds. The van der Waals surface area contributed by atoms with Crippen molar-refractivity contribution in [3.05, 3.63) is 88.4 Å². The second kappa shape index (κ2) is 11.6. The molecular weight excluding hydrogens is 456 g/mol. The monoisotopic (exact) mass is 478 g/mol. The minimum absolute atomic E-state index is 0.190. The third-order valence-electron chi connectivity index (χ3n) is 4.63. The number of carbonyl (C=O) groups excluding carboxylic acids is 3. The average molecular weight is 479 g/mol. The first kappa shape index (κ1) is 24.5. The van der Waals surface area contributed by atoms with Gasteiger partial charge in [-0.3, -0.25) is 14.4 Å². The summed E-state index contributed by atoms with van der Waals surface area (Å²) in [5.41, 5.74) is 5.74. The van der Waals surface area contributed by atoms with Gasteiger partial charge in [0.25, 0.3) is 5.91 Å². The van der Waals surface area contributed by atoms with Gasteiger partial charge in [0, 0.05) is 5.69 Å². The maximum absolute atomic E-state index is 12.1. The van der Waals surface area contributed by atoms with Gasteiger partial charge in [-0.2, -0.15) is 5.10 Å². The molecule has 8 nitrogen and oxygen atoms in total. The van der Waals surface area contributed by atoms with Gasteiger partial charge in [0.1, 0.15) is 5.75 Å². The number of halogens is 1.